The fraction of sp³-hybridized carbons (Fsp3) is 0.538. The van der Waals surface area contributed by atoms with Gasteiger partial charge >= 0.3 is 6.18 Å². The Labute approximate surface area is 126 Å². The Kier molecular flexibility index (Phi) is 5.52. The molecular weight excluding hydrogens is 305 g/mol. The summed E-state index contributed by atoms with van der Waals surface area (Å²) < 4.78 is 48.6. The molecule has 0 aliphatic carbocycles. The molecule has 4 nitrogen and oxygen atoms in total. The van der Waals surface area contributed by atoms with E-state index in [4.69, 9.17) is 27.4 Å². The summed E-state index contributed by atoms with van der Waals surface area (Å²) in [7, 11) is 0. The number of ether oxygens (including phenoxy) is 2. The van der Waals surface area contributed by atoms with Crippen molar-refractivity contribution in [1.82, 2.24) is 4.98 Å². The zero-order valence-electron chi connectivity index (χ0n) is 12.0. The van der Waals surface area contributed by atoms with Gasteiger partial charge in [0.2, 0.25) is 5.88 Å². The molecule has 21 heavy (non-hydrogen) atoms. The lowest BCUT2D eigenvalue weighted by Crippen LogP contribution is -2.23. The normalized spacial score (nSPS) is 12.3. The minimum Gasteiger partial charge on any atom is -0.475 e. The maximum absolute atomic E-state index is 12.6. The van der Waals surface area contributed by atoms with Crippen LogP contribution in [0.3, 0.4) is 0 Å². The molecule has 0 fully saturated rings. The number of aromatic nitrogens is 1. The topological polar surface area (TPSA) is 57.4 Å². The SMILES string of the molecule is CC(C)(C)OCCOc1nc(C(F)(F)F)ccc1C(N)=S. The molecule has 0 spiro atoms. The summed E-state index contributed by atoms with van der Waals surface area (Å²) >= 11 is 4.77. The van der Waals surface area contributed by atoms with Gasteiger partial charge < -0.3 is 15.2 Å². The first-order chi connectivity index (χ1) is 9.50. The molecule has 0 amide bonds. The largest absolute Gasteiger partial charge is 0.475 e. The molecule has 1 rings (SSSR count). The summed E-state index contributed by atoms with van der Waals surface area (Å²) in [4.78, 5) is 3.35. The summed E-state index contributed by atoms with van der Waals surface area (Å²) in [5, 5.41) is 0. The molecule has 0 aliphatic rings. The second-order valence-corrected chi connectivity index (χ2v) is 5.66. The highest BCUT2D eigenvalue weighted by molar-refractivity contribution is 7.80. The van der Waals surface area contributed by atoms with Crippen molar-refractivity contribution in [3.63, 3.8) is 0 Å². The number of rotatable bonds is 5. The molecule has 1 heterocycles. The molecule has 1 aromatic rings. The van der Waals surface area contributed by atoms with Crippen molar-refractivity contribution in [2.45, 2.75) is 32.5 Å². The minimum atomic E-state index is -4.56. The van der Waals surface area contributed by atoms with E-state index in [1.54, 1.807) is 0 Å². The van der Waals surface area contributed by atoms with E-state index in [9.17, 15) is 13.2 Å². The zero-order chi connectivity index (χ0) is 16.3. The average molecular weight is 322 g/mol. The van der Waals surface area contributed by atoms with Gasteiger partial charge in [-0.1, -0.05) is 12.2 Å². The number of pyridine rings is 1. The Balaban J connectivity index is 2.85. The van der Waals surface area contributed by atoms with Crippen molar-refractivity contribution < 1.29 is 22.6 Å². The number of hydrogen-bond acceptors (Lipinski definition) is 4. The van der Waals surface area contributed by atoms with Crippen LogP contribution in [0.4, 0.5) is 13.2 Å². The predicted molar refractivity (Wildman–Crippen MR) is 76.3 cm³/mol. The van der Waals surface area contributed by atoms with Gasteiger partial charge in [-0.05, 0) is 32.9 Å². The molecule has 0 radical (unpaired) electrons. The summed E-state index contributed by atoms with van der Waals surface area (Å²) in [6.45, 7) is 5.82. The molecule has 0 saturated heterocycles. The van der Waals surface area contributed by atoms with E-state index in [0.717, 1.165) is 12.1 Å². The lowest BCUT2D eigenvalue weighted by molar-refractivity contribution is -0.141. The molecule has 0 saturated carbocycles. The standard InChI is InChI=1S/C13H17F3N2O2S/c1-12(2,3)20-7-6-19-11-8(10(17)21)4-5-9(18-11)13(14,15)16/h4-5H,6-7H2,1-3H3,(H2,17,21). The average Bonchev–Trinajstić information content (AvgIpc) is 2.32. The number of nitrogens with zero attached hydrogens (tertiary/aromatic N) is 1. The number of hydrogen-bond donors (Lipinski definition) is 1. The molecule has 118 valence electrons. The van der Waals surface area contributed by atoms with E-state index in [1.807, 2.05) is 20.8 Å². The van der Waals surface area contributed by atoms with Crippen molar-refractivity contribution in [1.29, 1.82) is 0 Å². The number of alkyl halides is 3. The molecule has 0 aliphatic heterocycles. The lowest BCUT2D eigenvalue weighted by Gasteiger charge is -2.19. The van der Waals surface area contributed by atoms with E-state index < -0.39 is 11.9 Å². The number of nitrogens with two attached hydrogens (primary N) is 1. The van der Waals surface area contributed by atoms with Crippen LogP contribution in [0.2, 0.25) is 0 Å². The monoisotopic (exact) mass is 322 g/mol. The highest BCUT2D eigenvalue weighted by Crippen LogP contribution is 2.30. The van der Waals surface area contributed by atoms with Gasteiger partial charge in [0.1, 0.15) is 17.3 Å². The summed E-state index contributed by atoms with van der Waals surface area (Å²) in [5.74, 6) is -0.241. The molecule has 0 bridgehead atoms. The minimum absolute atomic E-state index is 0.0429. The third-order valence-corrected chi connectivity index (χ3v) is 2.49. The van der Waals surface area contributed by atoms with Crippen molar-refractivity contribution in [3.05, 3.63) is 23.4 Å². The van der Waals surface area contributed by atoms with E-state index >= 15 is 0 Å². The Bertz CT molecular complexity index is 513. The highest BCUT2D eigenvalue weighted by atomic mass is 32.1. The second kappa shape index (κ2) is 6.57. The molecule has 2 N–H and O–H groups in total. The van der Waals surface area contributed by atoms with E-state index in [0.29, 0.717) is 0 Å². The van der Waals surface area contributed by atoms with Gasteiger partial charge in [0.25, 0.3) is 0 Å². The zero-order valence-corrected chi connectivity index (χ0v) is 12.8. The van der Waals surface area contributed by atoms with Crippen molar-refractivity contribution in [2.24, 2.45) is 5.73 Å². The Morgan fingerprint density at radius 2 is 1.86 bits per heavy atom. The second-order valence-electron chi connectivity index (χ2n) is 5.22. The van der Waals surface area contributed by atoms with Gasteiger partial charge in [0.15, 0.2) is 0 Å². The van der Waals surface area contributed by atoms with Gasteiger partial charge in [0.05, 0.1) is 17.8 Å². The van der Waals surface area contributed by atoms with Gasteiger partial charge in [-0.3, -0.25) is 0 Å². The van der Waals surface area contributed by atoms with Gasteiger partial charge in [-0.2, -0.15) is 13.2 Å². The van der Waals surface area contributed by atoms with E-state index in [2.05, 4.69) is 4.98 Å². The molecule has 8 heteroatoms. The van der Waals surface area contributed by atoms with Crippen molar-refractivity contribution in [2.75, 3.05) is 13.2 Å². The third kappa shape index (κ3) is 5.84. The van der Waals surface area contributed by atoms with Gasteiger partial charge in [0, 0.05) is 0 Å². The molecule has 1 aromatic heterocycles. The first-order valence-electron chi connectivity index (χ1n) is 6.15. The number of halogens is 3. The Hall–Kier alpha value is -1.41. The predicted octanol–water partition coefficient (Wildman–Crippen LogP) is 2.93. The first-order valence-corrected chi connectivity index (χ1v) is 6.56. The smallest absolute Gasteiger partial charge is 0.433 e. The van der Waals surface area contributed by atoms with E-state index in [1.165, 1.54) is 0 Å². The fourth-order valence-electron chi connectivity index (χ4n) is 1.38. The Morgan fingerprint density at radius 1 is 1.24 bits per heavy atom. The van der Waals surface area contributed by atoms with Crippen LogP contribution in [0.15, 0.2) is 12.1 Å². The van der Waals surface area contributed by atoms with Crippen LogP contribution in [0.1, 0.15) is 32.0 Å². The van der Waals surface area contributed by atoms with Gasteiger partial charge in [-0.25, -0.2) is 4.98 Å². The first kappa shape index (κ1) is 17.6. The van der Waals surface area contributed by atoms with Gasteiger partial charge in [-0.15, -0.1) is 0 Å². The quantitative estimate of drug-likeness (QED) is 0.667. The summed E-state index contributed by atoms with van der Waals surface area (Å²) in [5.41, 5.74) is 4.18. The molecule has 0 aromatic carbocycles. The summed E-state index contributed by atoms with van der Waals surface area (Å²) in [6, 6.07) is 1.96. The van der Waals surface area contributed by atoms with Crippen LogP contribution < -0.4 is 10.5 Å². The Morgan fingerprint density at radius 3 is 2.33 bits per heavy atom. The molecule has 0 atom stereocenters. The summed E-state index contributed by atoms with van der Waals surface area (Å²) in [6.07, 6.45) is -4.56. The molecular formula is C13H17F3N2O2S. The fourth-order valence-corrected chi connectivity index (χ4v) is 1.54. The van der Waals surface area contributed by atoms with Crippen LogP contribution in [0.5, 0.6) is 5.88 Å². The van der Waals surface area contributed by atoms with Crippen LogP contribution in [-0.4, -0.2) is 28.8 Å². The van der Waals surface area contributed by atoms with Crippen LogP contribution >= 0.6 is 12.2 Å². The maximum atomic E-state index is 12.6. The van der Waals surface area contributed by atoms with E-state index in [-0.39, 0.29) is 35.2 Å². The highest BCUT2D eigenvalue weighted by Gasteiger charge is 2.33. The maximum Gasteiger partial charge on any atom is 0.433 e. The lowest BCUT2D eigenvalue weighted by atomic mass is 10.2. The third-order valence-electron chi connectivity index (χ3n) is 2.27. The van der Waals surface area contributed by atoms with Crippen LogP contribution in [0.25, 0.3) is 0 Å². The van der Waals surface area contributed by atoms with Crippen molar-refractivity contribution >= 4 is 17.2 Å². The van der Waals surface area contributed by atoms with Crippen molar-refractivity contribution in [3.8, 4) is 5.88 Å². The van der Waals surface area contributed by atoms with Crippen LogP contribution in [-0.2, 0) is 10.9 Å². The van der Waals surface area contributed by atoms with Crippen LogP contribution in [0, 0.1) is 0 Å². The number of thiocarbonyl (C=S) groups is 1. The molecule has 0 unspecified atom stereocenters.